The zero-order chi connectivity index (χ0) is 16.2. The summed E-state index contributed by atoms with van der Waals surface area (Å²) in [7, 11) is -4.17. The SMILES string of the molecule is C#CCNc1nc(N)nc2c1ncn2CCOCP(=O)(O)O. The monoisotopic (exact) mass is 326 g/mol. The van der Waals surface area contributed by atoms with Crippen molar-refractivity contribution in [3.8, 4) is 12.3 Å². The van der Waals surface area contributed by atoms with Gasteiger partial charge in [0.2, 0.25) is 5.95 Å². The van der Waals surface area contributed by atoms with Gasteiger partial charge in [0.15, 0.2) is 17.0 Å². The molecule has 5 N–H and O–H groups in total. The molecule has 2 heterocycles. The summed E-state index contributed by atoms with van der Waals surface area (Å²) in [5, 5.41) is 2.90. The highest BCUT2D eigenvalue weighted by Crippen LogP contribution is 2.33. The molecule has 0 atom stereocenters. The Morgan fingerprint density at radius 2 is 2.27 bits per heavy atom. The van der Waals surface area contributed by atoms with Crippen LogP contribution in [0.3, 0.4) is 0 Å². The Balaban J connectivity index is 2.13. The van der Waals surface area contributed by atoms with Crippen LogP contribution >= 0.6 is 7.60 Å². The van der Waals surface area contributed by atoms with E-state index in [4.69, 9.17) is 26.7 Å². The third kappa shape index (κ3) is 4.16. The molecule has 0 radical (unpaired) electrons. The number of nitrogen functional groups attached to an aromatic ring is 1. The Bertz CT molecular complexity index is 749. The topological polar surface area (TPSA) is 148 Å². The molecule has 2 aromatic rings. The van der Waals surface area contributed by atoms with Crippen LogP contribution in [-0.4, -0.2) is 48.8 Å². The van der Waals surface area contributed by atoms with E-state index in [0.29, 0.717) is 23.5 Å². The van der Waals surface area contributed by atoms with Gasteiger partial charge in [-0.2, -0.15) is 9.97 Å². The minimum Gasteiger partial charge on any atom is -0.368 e. The number of terminal acetylenes is 1. The molecule has 118 valence electrons. The lowest BCUT2D eigenvalue weighted by molar-refractivity contribution is 0.149. The Labute approximate surface area is 125 Å². The lowest BCUT2D eigenvalue weighted by Crippen LogP contribution is -2.09. The summed E-state index contributed by atoms with van der Waals surface area (Å²) in [4.78, 5) is 29.7. The normalized spacial score (nSPS) is 11.5. The maximum atomic E-state index is 10.7. The molecule has 0 bridgehead atoms. The van der Waals surface area contributed by atoms with Crippen LogP contribution in [-0.2, 0) is 15.8 Å². The van der Waals surface area contributed by atoms with Crippen molar-refractivity contribution in [2.75, 3.05) is 30.6 Å². The van der Waals surface area contributed by atoms with Gasteiger partial charge in [-0.3, -0.25) is 4.57 Å². The summed E-state index contributed by atoms with van der Waals surface area (Å²) in [6.45, 7) is 0.666. The van der Waals surface area contributed by atoms with E-state index in [-0.39, 0.29) is 19.1 Å². The first-order valence-electron chi connectivity index (χ1n) is 6.18. The molecule has 22 heavy (non-hydrogen) atoms. The highest BCUT2D eigenvalue weighted by Gasteiger charge is 2.14. The number of hydrogen-bond acceptors (Lipinski definition) is 7. The van der Waals surface area contributed by atoms with Crippen LogP contribution in [0.4, 0.5) is 11.8 Å². The van der Waals surface area contributed by atoms with E-state index in [1.54, 1.807) is 4.57 Å². The van der Waals surface area contributed by atoms with Crippen molar-refractivity contribution >= 4 is 30.5 Å². The maximum Gasteiger partial charge on any atom is 0.350 e. The van der Waals surface area contributed by atoms with E-state index in [1.807, 2.05) is 0 Å². The summed E-state index contributed by atoms with van der Waals surface area (Å²) < 4.78 is 17.2. The smallest absolute Gasteiger partial charge is 0.350 e. The lowest BCUT2D eigenvalue weighted by atomic mass is 10.4. The van der Waals surface area contributed by atoms with Gasteiger partial charge in [-0.15, -0.1) is 6.42 Å². The number of rotatable bonds is 7. The number of imidazole rings is 1. The number of hydrogen-bond donors (Lipinski definition) is 4. The van der Waals surface area contributed by atoms with E-state index in [9.17, 15) is 4.57 Å². The van der Waals surface area contributed by atoms with Crippen molar-refractivity contribution < 1.29 is 19.1 Å². The van der Waals surface area contributed by atoms with Crippen molar-refractivity contribution in [3.63, 3.8) is 0 Å². The summed E-state index contributed by atoms with van der Waals surface area (Å²) in [5.41, 5.74) is 6.63. The van der Waals surface area contributed by atoms with Gasteiger partial charge >= 0.3 is 7.60 Å². The number of nitrogens with two attached hydrogens (primary N) is 1. The second-order valence-corrected chi connectivity index (χ2v) is 5.89. The van der Waals surface area contributed by atoms with Crippen LogP contribution in [0.15, 0.2) is 6.33 Å². The van der Waals surface area contributed by atoms with Crippen molar-refractivity contribution in [1.29, 1.82) is 0 Å². The summed E-state index contributed by atoms with van der Waals surface area (Å²) >= 11 is 0. The van der Waals surface area contributed by atoms with Crippen molar-refractivity contribution in [2.45, 2.75) is 6.54 Å². The number of nitrogens with one attached hydrogen (secondary N) is 1. The van der Waals surface area contributed by atoms with Crippen LogP contribution in [0.25, 0.3) is 11.2 Å². The van der Waals surface area contributed by atoms with Crippen molar-refractivity contribution in [1.82, 2.24) is 19.5 Å². The quantitative estimate of drug-likeness (QED) is 0.303. The van der Waals surface area contributed by atoms with E-state index in [1.165, 1.54) is 6.33 Å². The molecule has 0 amide bonds. The predicted octanol–water partition coefficient (Wildman–Crippen LogP) is -0.395. The number of aromatic nitrogens is 4. The summed E-state index contributed by atoms with van der Waals surface area (Å²) in [6, 6.07) is 0. The fourth-order valence-electron chi connectivity index (χ4n) is 1.73. The lowest BCUT2D eigenvalue weighted by Gasteiger charge is -2.08. The molecule has 2 rings (SSSR count). The Hall–Kier alpha value is -2.18. The van der Waals surface area contributed by atoms with Crippen LogP contribution in [0.5, 0.6) is 0 Å². The van der Waals surface area contributed by atoms with Gasteiger partial charge in [-0.1, -0.05) is 5.92 Å². The van der Waals surface area contributed by atoms with Crippen molar-refractivity contribution in [3.05, 3.63) is 6.33 Å². The highest BCUT2D eigenvalue weighted by atomic mass is 31.2. The molecule has 0 saturated heterocycles. The van der Waals surface area contributed by atoms with Gasteiger partial charge in [-0.25, -0.2) is 4.98 Å². The van der Waals surface area contributed by atoms with Crippen LogP contribution < -0.4 is 11.1 Å². The molecule has 0 spiro atoms. The standard InChI is InChI=1S/C11H15N6O4P/c1-2-3-13-9-8-10(16-11(12)15-9)17(6-14-8)4-5-21-7-22(18,19)20/h1,6H,3-5,7H2,(H2,18,19,20)(H3,12,13,15,16). The highest BCUT2D eigenvalue weighted by molar-refractivity contribution is 7.51. The maximum absolute atomic E-state index is 10.7. The van der Waals surface area contributed by atoms with E-state index in [2.05, 4.69) is 26.2 Å². The first kappa shape index (κ1) is 16.2. The molecular formula is C11H15N6O4P. The molecule has 0 aliphatic rings. The minimum absolute atomic E-state index is 0.0601. The van der Waals surface area contributed by atoms with Crippen LogP contribution in [0.1, 0.15) is 0 Å². The number of nitrogens with zero attached hydrogens (tertiary/aromatic N) is 4. The van der Waals surface area contributed by atoms with Crippen molar-refractivity contribution in [2.24, 2.45) is 0 Å². The van der Waals surface area contributed by atoms with E-state index < -0.39 is 13.9 Å². The molecule has 0 fully saturated rings. The van der Waals surface area contributed by atoms with Gasteiger partial charge in [0.05, 0.1) is 19.5 Å². The van der Waals surface area contributed by atoms with Crippen LogP contribution in [0, 0.1) is 12.3 Å². The van der Waals surface area contributed by atoms with Gasteiger partial charge in [-0.05, 0) is 0 Å². The average molecular weight is 326 g/mol. The molecule has 0 saturated carbocycles. The zero-order valence-electron chi connectivity index (χ0n) is 11.5. The van der Waals surface area contributed by atoms with Gasteiger partial charge in [0, 0.05) is 6.54 Å². The third-order valence-electron chi connectivity index (χ3n) is 2.58. The number of fused-ring (bicyclic) bond motifs is 1. The predicted molar refractivity (Wildman–Crippen MR) is 79.9 cm³/mol. The van der Waals surface area contributed by atoms with E-state index in [0.717, 1.165) is 0 Å². The largest absolute Gasteiger partial charge is 0.368 e. The molecular weight excluding hydrogens is 311 g/mol. The van der Waals surface area contributed by atoms with Gasteiger partial charge < -0.3 is 30.1 Å². The second-order valence-electron chi connectivity index (χ2n) is 4.30. The summed E-state index contributed by atoms with van der Waals surface area (Å²) in [6.07, 6.45) is 6.07. The number of ether oxygens (including phenoxy) is 1. The molecule has 10 nitrogen and oxygen atoms in total. The third-order valence-corrected chi connectivity index (χ3v) is 3.09. The molecule has 0 aromatic carbocycles. The number of anilines is 2. The van der Waals surface area contributed by atoms with Gasteiger partial charge in [0.25, 0.3) is 0 Å². The second kappa shape index (κ2) is 6.72. The first-order chi connectivity index (χ1) is 10.4. The molecule has 0 aliphatic carbocycles. The molecule has 11 heteroatoms. The molecule has 2 aromatic heterocycles. The van der Waals surface area contributed by atoms with Crippen LogP contribution in [0.2, 0.25) is 0 Å². The fraction of sp³-hybridized carbons (Fsp3) is 0.364. The zero-order valence-corrected chi connectivity index (χ0v) is 12.4. The average Bonchev–Trinajstić information content (AvgIpc) is 2.83. The Morgan fingerprint density at radius 1 is 1.50 bits per heavy atom. The Kier molecular flexibility index (Phi) is 4.95. The minimum atomic E-state index is -4.17. The Morgan fingerprint density at radius 3 is 2.95 bits per heavy atom. The van der Waals surface area contributed by atoms with E-state index >= 15 is 0 Å². The first-order valence-corrected chi connectivity index (χ1v) is 7.98. The molecule has 0 unspecified atom stereocenters. The van der Waals surface area contributed by atoms with Gasteiger partial charge in [0.1, 0.15) is 6.35 Å². The summed E-state index contributed by atoms with van der Waals surface area (Å²) in [5.74, 6) is 2.91. The fourth-order valence-corrected chi connectivity index (χ4v) is 2.10. The molecule has 0 aliphatic heterocycles.